The zero-order chi connectivity index (χ0) is 14.7. The molecular formula is C15H14Cl2N2O. The fourth-order valence-electron chi connectivity index (χ4n) is 1.82. The predicted molar refractivity (Wildman–Crippen MR) is 85.2 cm³/mol. The van der Waals surface area contributed by atoms with Gasteiger partial charge >= 0.3 is 0 Å². The molecule has 2 rings (SSSR count). The lowest BCUT2D eigenvalue weighted by atomic mass is 10.2. The molecule has 0 atom stereocenters. The summed E-state index contributed by atoms with van der Waals surface area (Å²) < 4.78 is 0. The summed E-state index contributed by atoms with van der Waals surface area (Å²) >= 11 is 11.9. The van der Waals surface area contributed by atoms with Crippen molar-refractivity contribution in [2.24, 2.45) is 0 Å². The van der Waals surface area contributed by atoms with Crippen LogP contribution in [0.2, 0.25) is 10.0 Å². The van der Waals surface area contributed by atoms with Crippen molar-refractivity contribution in [1.29, 1.82) is 0 Å². The number of hydrogen-bond acceptors (Lipinski definition) is 2. The number of hydrogen-bond donors (Lipinski definition) is 1. The number of anilines is 2. The van der Waals surface area contributed by atoms with Gasteiger partial charge in [0.1, 0.15) is 0 Å². The predicted octanol–water partition coefficient (Wildman–Crippen LogP) is 4.31. The molecule has 0 bridgehead atoms. The van der Waals surface area contributed by atoms with Gasteiger partial charge < -0.3 is 10.2 Å². The number of nitrogens with zero attached hydrogens (tertiary/aromatic N) is 1. The Bertz CT molecular complexity index is 642. The highest BCUT2D eigenvalue weighted by atomic mass is 35.5. The minimum atomic E-state index is -0.224. The van der Waals surface area contributed by atoms with Gasteiger partial charge in [0.05, 0.1) is 11.4 Å². The third-order valence-corrected chi connectivity index (χ3v) is 3.25. The topological polar surface area (TPSA) is 32.3 Å². The molecule has 2 aromatic carbocycles. The van der Waals surface area contributed by atoms with Crippen LogP contribution in [-0.4, -0.2) is 20.0 Å². The van der Waals surface area contributed by atoms with Crippen LogP contribution in [0.5, 0.6) is 0 Å². The lowest BCUT2D eigenvalue weighted by Gasteiger charge is -2.18. The molecule has 0 saturated heterocycles. The summed E-state index contributed by atoms with van der Waals surface area (Å²) in [6.45, 7) is 0. The number of carbonyl (C=O) groups excluding carboxylic acids is 1. The first-order chi connectivity index (χ1) is 9.47. The Hall–Kier alpha value is -1.71. The van der Waals surface area contributed by atoms with Crippen LogP contribution >= 0.6 is 23.2 Å². The molecule has 0 aromatic heterocycles. The van der Waals surface area contributed by atoms with Gasteiger partial charge in [-0.2, -0.15) is 0 Å². The number of carbonyl (C=O) groups is 1. The largest absolute Gasteiger partial charge is 0.376 e. The highest BCUT2D eigenvalue weighted by Gasteiger charge is 2.11. The molecule has 0 aliphatic heterocycles. The molecule has 0 radical (unpaired) electrons. The smallest absolute Gasteiger partial charge is 0.255 e. The van der Waals surface area contributed by atoms with Crippen LogP contribution in [-0.2, 0) is 0 Å². The minimum Gasteiger partial charge on any atom is -0.376 e. The molecule has 0 unspecified atom stereocenters. The lowest BCUT2D eigenvalue weighted by molar-refractivity contribution is 0.102. The molecule has 0 saturated carbocycles. The summed E-state index contributed by atoms with van der Waals surface area (Å²) in [5, 5.41) is 3.94. The molecule has 3 nitrogen and oxygen atoms in total. The van der Waals surface area contributed by atoms with E-state index in [1.54, 1.807) is 36.4 Å². The monoisotopic (exact) mass is 308 g/mol. The second-order valence-electron chi connectivity index (χ2n) is 4.52. The van der Waals surface area contributed by atoms with E-state index in [-0.39, 0.29) is 5.91 Å². The van der Waals surface area contributed by atoms with Gasteiger partial charge in [-0.05, 0) is 36.4 Å². The van der Waals surface area contributed by atoms with Crippen molar-refractivity contribution < 1.29 is 4.79 Å². The van der Waals surface area contributed by atoms with E-state index in [2.05, 4.69) is 5.32 Å². The normalized spacial score (nSPS) is 10.2. The quantitative estimate of drug-likeness (QED) is 0.916. The molecule has 0 fully saturated rings. The standard InChI is InChI=1S/C15H14Cl2N2O/c1-19(2)14-7-6-12(17)9-13(14)18-15(20)10-4-3-5-11(16)8-10/h3-9H,1-2H3,(H,18,20). The summed E-state index contributed by atoms with van der Waals surface area (Å²) in [5.74, 6) is -0.224. The fourth-order valence-corrected chi connectivity index (χ4v) is 2.18. The van der Waals surface area contributed by atoms with Gasteiger partial charge in [-0.15, -0.1) is 0 Å². The van der Waals surface area contributed by atoms with Gasteiger partial charge in [0.25, 0.3) is 5.91 Å². The third-order valence-electron chi connectivity index (χ3n) is 2.78. The molecule has 0 aliphatic carbocycles. The average Bonchev–Trinajstić information content (AvgIpc) is 2.38. The molecule has 0 heterocycles. The summed E-state index contributed by atoms with van der Waals surface area (Å²) in [6.07, 6.45) is 0. The fraction of sp³-hybridized carbons (Fsp3) is 0.133. The number of nitrogens with one attached hydrogen (secondary N) is 1. The van der Waals surface area contributed by atoms with Gasteiger partial charge in [-0.1, -0.05) is 29.3 Å². The Morgan fingerprint density at radius 2 is 1.75 bits per heavy atom. The second-order valence-corrected chi connectivity index (χ2v) is 5.39. The van der Waals surface area contributed by atoms with E-state index in [0.717, 1.165) is 5.69 Å². The molecule has 1 amide bonds. The maximum Gasteiger partial charge on any atom is 0.255 e. The summed E-state index contributed by atoms with van der Waals surface area (Å²) in [6, 6.07) is 12.2. The van der Waals surface area contributed by atoms with Crippen molar-refractivity contribution >= 4 is 40.5 Å². The van der Waals surface area contributed by atoms with Gasteiger partial charge in [0.2, 0.25) is 0 Å². The van der Waals surface area contributed by atoms with E-state index < -0.39 is 0 Å². The van der Waals surface area contributed by atoms with Crippen molar-refractivity contribution in [2.45, 2.75) is 0 Å². The van der Waals surface area contributed by atoms with E-state index in [9.17, 15) is 4.79 Å². The van der Waals surface area contributed by atoms with Crippen LogP contribution in [0.1, 0.15) is 10.4 Å². The highest BCUT2D eigenvalue weighted by molar-refractivity contribution is 6.31. The van der Waals surface area contributed by atoms with Crippen LogP contribution < -0.4 is 10.2 Å². The number of halogens is 2. The second kappa shape index (κ2) is 6.16. The van der Waals surface area contributed by atoms with Crippen molar-refractivity contribution in [3.8, 4) is 0 Å². The van der Waals surface area contributed by atoms with Gasteiger partial charge in [-0.3, -0.25) is 4.79 Å². The van der Waals surface area contributed by atoms with E-state index >= 15 is 0 Å². The highest BCUT2D eigenvalue weighted by Crippen LogP contribution is 2.28. The van der Waals surface area contributed by atoms with Crippen molar-refractivity contribution in [2.75, 3.05) is 24.3 Å². The summed E-state index contributed by atoms with van der Waals surface area (Å²) in [7, 11) is 3.80. The SMILES string of the molecule is CN(C)c1ccc(Cl)cc1NC(=O)c1cccc(Cl)c1. The van der Waals surface area contributed by atoms with Crippen LogP contribution in [0.25, 0.3) is 0 Å². The van der Waals surface area contributed by atoms with E-state index in [1.807, 2.05) is 25.1 Å². The van der Waals surface area contributed by atoms with Crippen molar-refractivity contribution in [3.05, 3.63) is 58.1 Å². The first-order valence-corrected chi connectivity index (χ1v) is 6.77. The number of amides is 1. The maximum atomic E-state index is 12.2. The van der Waals surface area contributed by atoms with Crippen molar-refractivity contribution in [1.82, 2.24) is 0 Å². The zero-order valence-electron chi connectivity index (χ0n) is 11.2. The molecule has 0 aliphatic rings. The Morgan fingerprint density at radius 3 is 2.40 bits per heavy atom. The summed E-state index contributed by atoms with van der Waals surface area (Å²) in [4.78, 5) is 14.1. The van der Waals surface area contributed by atoms with Crippen LogP contribution in [0.15, 0.2) is 42.5 Å². The first-order valence-electron chi connectivity index (χ1n) is 6.01. The van der Waals surface area contributed by atoms with Gasteiger partial charge in [0.15, 0.2) is 0 Å². The third kappa shape index (κ3) is 3.44. The van der Waals surface area contributed by atoms with Gasteiger partial charge in [0, 0.05) is 29.7 Å². The van der Waals surface area contributed by atoms with E-state index in [0.29, 0.717) is 21.3 Å². The first kappa shape index (κ1) is 14.7. The molecule has 1 N–H and O–H groups in total. The van der Waals surface area contributed by atoms with E-state index in [4.69, 9.17) is 23.2 Å². The zero-order valence-corrected chi connectivity index (χ0v) is 12.7. The lowest BCUT2D eigenvalue weighted by Crippen LogP contribution is -2.16. The number of benzene rings is 2. The number of rotatable bonds is 3. The minimum absolute atomic E-state index is 0.224. The molecule has 5 heteroatoms. The Morgan fingerprint density at radius 1 is 1.05 bits per heavy atom. The molecule has 0 spiro atoms. The molecular weight excluding hydrogens is 295 g/mol. The average molecular weight is 309 g/mol. The molecule has 104 valence electrons. The van der Waals surface area contributed by atoms with Crippen LogP contribution in [0, 0.1) is 0 Å². The Kier molecular flexibility index (Phi) is 4.53. The maximum absolute atomic E-state index is 12.2. The van der Waals surface area contributed by atoms with E-state index in [1.165, 1.54) is 0 Å². The van der Waals surface area contributed by atoms with Crippen LogP contribution in [0.3, 0.4) is 0 Å². The summed E-state index contributed by atoms with van der Waals surface area (Å²) in [5.41, 5.74) is 2.04. The Labute approximate surface area is 128 Å². The molecule has 2 aromatic rings. The van der Waals surface area contributed by atoms with Crippen LogP contribution in [0.4, 0.5) is 11.4 Å². The Balaban J connectivity index is 2.30. The van der Waals surface area contributed by atoms with Gasteiger partial charge in [-0.25, -0.2) is 0 Å². The van der Waals surface area contributed by atoms with Crippen molar-refractivity contribution in [3.63, 3.8) is 0 Å². The molecule has 20 heavy (non-hydrogen) atoms.